The second kappa shape index (κ2) is 6.07. The molecule has 1 fully saturated rings. The summed E-state index contributed by atoms with van der Waals surface area (Å²) in [4.78, 5) is 22.1. The average molecular weight is 271 g/mol. The molecule has 0 atom stereocenters. The molecule has 1 aromatic carbocycles. The third-order valence-corrected chi connectivity index (χ3v) is 3.97. The van der Waals surface area contributed by atoms with Crippen molar-refractivity contribution in [2.24, 2.45) is 0 Å². The Labute approximate surface area is 119 Å². The molecule has 3 rings (SSSR count). The third kappa shape index (κ3) is 3.00. The van der Waals surface area contributed by atoms with Crippen LogP contribution in [0.1, 0.15) is 37.9 Å². The maximum Gasteiger partial charge on any atom is 0.223 e. The summed E-state index contributed by atoms with van der Waals surface area (Å²) in [5, 5.41) is 0. The van der Waals surface area contributed by atoms with Crippen molar-refractivity contribution in [3.8, 4) is 0 Å². The van der Waals surface area contributed by atoms with Gasteiger partial charge in [-0.1, -0.05) is 25.0 Å². The number of nitrogens with zero attached hydrogens (tertiary/aromatic N) is 2. The highest BCUT2D eigenvalue weighted by molar-refractivity contribution is 5.77. The Morgan fingerprint density at radius 2 is 1.90 bits per heavy atom. The lowest BCUT2D eigenvalue weighted by molar-refractivity contribution is -0.131. The molecule has 4 heteroatoms. The van der Waals surface area contributed by atoms with Gasteiger partial charge in [0.25, 0.3) is 0 Å². The molecule has 4 nitrogen and oxygen atoms in total. The first kappa shape index (κ1) is 13.2. The zero-order valence-electron chi connectivity index (χ0n) is 11.8. The van der Waals surface area contributed by atoms with E-state index in [1.165, 1.54) is 12.8 Å². The van der Waals surface area contributed by atoms with Gasteiger partial charge in [-0.05, 0) is 25.0 Å². The molecule has 0 radical (unpaired) electrons. The minimum Gasteiger partial charge on any atom is -0.343 e. The predicted molar refractivity (Wildman–Crippen MR) is 79.5 cm³/mol. The van der Waals surface area contributed by atoms with Gasteiger partial charge in [0, 0.05) is 25.9 Å². The summed E-state index contributed by atoms with van der Waals surface area (Å²) in [6.45, 7) is 1.86. The van der Waals surface area contributed by atoms with Crippen molar-refractivity contribution in [3.05, 3.63) is 30.1 Å². The Balaban J connectivity index is 1.59. The van der Waals surface area contributed by atoms with Gasteiger partial charge >= 0.3 is 0 Å². The van der Waals surface area contributed by atoms with E-state index in [2.05, 4.69) is 9.97 Å². The van der Waals surface area contributed by atoms with Crippen molar-refractivity contribution < 1.29 is 4.79 Å². The van der Waals surface area contributed by atoms with Gasteiger partial charge in [-0.15, -0.1) is 0 Å². The number of para-hydroxylation sites is 2. The minimum atomic E-state index is 0.271. The highest BCUT2D eigenvalue weighted by Gasteiger charge is 2.15. The molecule has 1 aliphatic rings. The number of likely N-dealkylation sites (tertiary alicyclic amines) is 1. The van der Waals surface area contributed by atoms with Crippen molar-refractivity contribution in [1.82, 2.24) is 14.9 Å². The van der Waals surface area contributed by atoms with Crippen molar-refractivity contribution in [3.63, 3.8) is 0 Å². The van der Waals surface area contributed by atoms with Crippen LogP contribution in [0.15, 0.2) is 24.3 Å². The van der Waals surface area contributed by atoms with Gasteiger partial charge in [0.1, 0.15) is 5.82 Å². The number of benzene rings is 1. The summed E-state index contributed by atoms with van der Waals surface area (Å²) in [7, 11) is 0. The van der Waals surface area contributed by atoms with E-state index in [1.54, 1.807) is 0 Å². The number of H-pyrrole nitrogens is 1. The zero-order chi connectivity index (χ0) is 13.8. The van der Waals surface area contributed by atoms with Gasteiger partial charge in [-0.25, -0.2) is 4.98 Å². The molecule has 2 heterocycles. The van der Waals surface area contributed by atoms with Crippen LogP contribution >= 0.6 is 0 Å². The number of carbonyl (C=O) groups excluding carboxylic acids is 1. The van der Waals surface area contributed by atoms with Crippen LogP contribution in [0.4, 0.5) is 0 Å². The largest absolute Gasteiger partial charge is 0.343 e. The molecule has 106 valence electrons. The highest BCUT2D eigenvalue weighted by atomic mass is 16.2. The Morgan fingerprint density at radius 1 is 1.15 bits per heavy atom. The van der Waals surface area contributed by atoms with Gasteiger partial charge < -0.3 is 9.88 Å². The summed E-state index contributed by atoms with van der Waals surface area (Å²) >= 11 is 0. The standard InChI is InChI=1S/C16H21N3O/c20-16(19-11-5-1-2-6-12-19)10-9-15-17-13-7-3-4-8-14(13)18-15/h3-4,7-8H,1-2,5-6,9-12H2,(H,17,18). The van der Waals surface area contributed by atoms with Gasteiger partial charge in [-0.2, -0.15) is 0 Å². The van der Waals surface area contributed by atoms with E-state index >= 15 is 0 Å². The smallest absolute Gasteiger partial charge is 0.223 e. The van der Waals surface area contributed by atoms with Crippen LogP contribution in [0.2, 0.25) is 0 Å². The van der Waals surface area contributed by atoms with E-state index in [0.717, 1.165) is 42.8 Å². The summed E-state index contributed by atoms with van der Waals surface area (Å²) in [5.74, 6) is 1.18. The summed E-state index contributed by atoms with van der Waals surface area (Å²) in [6, 6.07) is 7.98. The van der Waals surface area contributed by atoms with Crippen LogP contribution < -0.4 is 0 Å². The minimum absolute atomic E-state index is 0.271. The first-order chi connectivity index (χ1) is 9.83. The second-order valence-corrected chi connectivity index (χ2v) is 5.50. The van der Waals surface area contributed by atoms with Crippen LogP contribution in [-0.2, 0) is 11.2 Å². The van der Waals surface area contributed by atoms with Crippen molar-refractivity contribution in [1.29, 1.82) is 0 Å². The van der Waals surface area contributed by atoms with Crippen molar-refractivity contribution in [2.75, 3.05) is 13.1 Å². The molecule has 2 aromatic rings. The predicted octanol–water partition coefficient (Wildman–Crippen LogP) is 2.90. The third-order valence-electron chi connectivity index (χ3n) is 3.97. The molecule has 1 aliphatic heterocycles. The van der Waals surface area contributed by atoms with E-state index in [1.807, 2.05) is 29.2 Å². The molecule has 1 saturated heterocycles. The molecule has 0 saturated carbocycles. The van der Waals surface area contributed by atoms with Gasteiger partial charge in [-0.3, -0.25) is 4.79 Å². The van der Waals surface area contributed by atoms with Crippen LogP contribution in [0.25, 0.3) is 11.0 Å². The first-order valence-electron chi connectivity index (χ1n) is 7.54. The number of imidazole rings is 1. The fourth-order valence-corrected chi connectivity index (χ4v) is 2.83. The highest BCUT2D eigenvalue weighted by Crippen LogP contribution is 2.14. The maximum absolute atomic E-state index is 12.2. The molecule has 0 aliphatic carbocycles. The average Bonchev–Trinajstić information content (AvgIpc) is 2.69. The van der Waals surface area contributed by atoms with E-state index < -0.39 is 0 Å². The number of hydrogen-bond donors (Lipinski definition) is 1. The molecule has 0 spiro atoms. The number of rotatable bonds is 3. The Bertz CT molecular complexity index is 549. The van der Waals surface area contributed by atoms with Gasteiger partial charge in [0.05, 0.1) is 11.0 Å². The van der Waals surface area contributed by atoms with E-state index in [-0.39, 0.29) is 5.91 Å². The number of carbonyl (C=O) groups is 1. The molecule has 20 heavy (non-hydrogen) atoms. The van der Waals surface area contributed by atoms with E-state index in [0.29, 0.717) is 12.8 Å². The number of aromatic amines is 1. The van der Waals surface area contributed by atoms with Crippen molar-refractivity contribution >= 4 is 16.9 Å². The number of nitrogens with one attached hydrogen (secondary N) is 1. The Hall–Kier alpha value is -1.84. The molecule has 0 unspecified atom stereocenters. The van der Waals surface area contributed by atoms with Crippen LogP contribution in [0.3, 0.4) is 0 Å². The number of aryl methyl sites for hydroxylation is 1. The van der Waals surface area contributed by atoms with Gasteiger partial charge in [0.2, 0.25) is 5.91 Å². The maximum atomic E-state index is 12.2. The lowest BCUT2D eigenvalue weighted by Crippen LogP contribution is -2.32. The molecular formula is C16H21N3O. The van der Waals surface area contributed by atoms with Gasteiger partial charge in [0.15, 0.2) is 0 Å². The van der Waals surface area contributed by atoms with E-state index in [4.69, 9.17) is 0 Å². The Kier molecular flexibility index (Phi) is 4.00. The summed E-state index contributed by atoms with van der Waals surface area (Å²) in [5.41, 5.74) is 2.02. The normalized spacial score (nSPS) is 16.3. The SMILES string of the molecule is O=C(CCc1nc2ccccc2[nH]1)N1CCCCCC1. The monoisotopic (exact) mass is 271 g/mol. The Morgan fingerprint density at radius 3 is 2.65 bits per heavy atom. The fraction of sp³-hybridized carbons (Fsp3) is 0.500. The topological polar surface area (TPSA) is 49.0 Å². The lowest BCUT2D eigenvalue weighted by atomic mass is 10.2. The van der Waals surface area contributed by atoms with Crippen molar-refractivity contribution in [2.45, 2.75) is 38.5 Å². The first-order valence-corrected chi connectivity index (χ1v) is 7.54. The molecule has 1 N–H and O–H groups in total. The van der Waals surface area contributed by atoms with Crippen LogP contribution in [0.5, 0.6) is 0 Å². The lowest BCUT2D eigenvalue weighted by Gasteiger charge is -2.19. The second-order valence-electron chi connectivity index (χ2n) is 5.50. The number of hydrogen-bond acceptors (Lipinski definition) is 2. The quantitative estimate of drug-likeness (QED) is 0.933. The molecule has 1 aromatic heterocycles. The number of fused-ring (bicyclic) bond motifs is 1. The molecular weight excluding hydrogens is 250 g/mol. The summed E-state index contributed by atoms with van der Waals surface area (Å²) in [6.07, 6.45) is 6.07. The number of aromatic nitrogens is 2. The summed E-state index contributed by atoms with van der Waals surface area (Å²) < 4.78 is 0. The fourth-order valence-electron chi connectivity index (χ4n) is 2.83. The molecule has 1 amide bonds. The van der Waals surface area contributed by atoms with Crippen LogP contribution in [0, 0.1) is 0 Å². The van der Waals surface area contributed by atoms with Crippen LogP contribution in [-0.4, -0.2) is 33.9 Å². The molecule has 0 bridgehead atoms. The zero-order valence-corrected chi connectivity index (χ0v) is 11.8. The number of amides is 1. The van der Waals surface area contributed by atoms with E-state index in [9.17, 15) is 4.79 Å².